The first-order chi connectivity index (χ1) is 13.0. The summed E-state index contributed by atoms with van der Waals surface area (Å²) in [6.07, 6.45) is 5.38. The average Bonchev–Trinajstić information content (AvgIpc) is 3.05. The summed E-state index contributed by atoms with van der Waals surface area (Å²) < 4.78 is 0. The Labute approximate surface area is 178 Å². The number of hydrogen-bond acceptors (Lipinski definition) is 8. The number of hydrogen-bond donors (Lipinski definition) is 3. The summed E-state index contributed by atoms with van der Waals surface area (Å²) in [5.74, 6) is 1.48. The van der Waals surface area contributed by atoms with Gasteiger partial charge in [-0.05, 0) is 25.8 Å². The highest BCUT2D eigenvalue weighted by Crippen LogP contribution is 2.37. The number of piperidine rings is 1. The van der Waals surface area contributed by atoms with Crippen molar-refractivity contribution < 1.29 is 0 Å². The van der Waals surface area contributed by atoms with Gasteiger partial charge in [-0.1, -0.05) is 23.4 Å². The second-order valence-electron chi connectivity index (χ2n) is 6.92. The van der Waals surface area contributed by atoms with Crippen LogP contribution < -0.4 is 16.0 Å². The second kappa shape index (κ2) is 8.28. The van der Waals surface area contributed by atoms with Crippen LogP contribution in [0.4, 0.5) is 11.6 Å². The van der Waals surface area contributed by atoms with Gasteiger partial charge in [0.15, 0.2) is 10.7 Å². The van der Waals surface area contributed by atoms with E-state index in [1.165, 1.54) is 11.8 Å². The number of nitrogens with zero attached hydrogens (tertiary/aromatic N) is 5. The molecule has 4 rings (SSSR count). The van der Waals surface area contributed by atoms with Crippen LogP contribution >= 0.6 is 35.8 Å². The molecule has 4 heterocycles. The minimum atomic E-state index is -0.0954. The molecule has 3 aromatic heterocycles. The molecule has 0 amide bonds. The van der Waals surface area contributed by atoms with Gasteiger partial charge < -0.3 is 16.0 Å². The van der Waals surface area contributed by atoms with E-state index in [1.807, 2.05) is 6.07 Å². The van der Waals surface area contributed by atoms with Crippen molar-refractivity contribution in [3.05, 3.63) is 23.5 Å². The monoisotopic (exact) mass is 440 g/mol. The van der Waals surface area contributed by atoms with E-state index in [1.54, 1.807) is 19.4 Å². The van der Waals surface area contributed by atoms with Gasteiger partial charge in [-0.15, -0.1) is 12.4 Å². The number of anilines is 2. The zero-order valence-electron chi connectivity index (χ0n) is 15.6. The van der Waals surface area contributed by atoms with E-state index in [0.29, 0.717) is 16.5 Å². The highest BCUT2D eigenvalue weighted by molar-refractivity contribution is 7.99. The van der Waals surface area contributed by atoms with Crippen LogP contribution in [-0.2, 0) is 0 Å². The number of rotatable bonds is 4. The van der Waals surface area contributed by atoms with Gasteiger partial charge in [-0.2, -0.15) is 5.10 Å². The van der Waals surface area contributed by atoms with Gasteiger partial charge in [0, 0.05) is 36.8 Å². The zero-order valence-corrected chi connectivity index (χ0v) is 18.0. The molecule has 1 fully saturated rings. The molecular weight excluding hydrogens is 419 g/mol. The molecule has 0 saturated carbocycles. The Balaban J connectivity index is 0.00000225. The van der Waals surface area contributed by atoms with E-state index in [4.69, 9.17) is 22.3 Å². The van der Waals surface area contributed by atoms with Gasteiger partial charge >= 0.3 is 0 Å². The van der Waals surface area contributed by atoms with E-state index in [9.17, 15) is 0 Å². The van der Waals surface area contributed by atoms with Crippen molar-refractivity contribution in [1.29, 1.82) is 0 Å². The lowest BCUT2D eigenvalue weighted by molar-refractivity contribution is 0.363. The number of nitrogens with two attached hydrogens (primary N) is 1. The number of aromatic nitrogens is 5. The smallest absolute Gasteiger partial charge is 0.177 e. The van der Waals surface area contributed by atoms with Crippen molar-refractivity contribution in [1.82, 2.24) is 25.1 Å². The molecule has 11 heteroatoms. The lowest BCUT2D eigenvalue weighted by Gasteiger charge is -2.37. The maximum atomic E-state index is 6.39. The Morgan fingerprint density at radius 3 is 2.79 bits per heavy atom. The molecule has 0 aliphatic carbocycles. The summed E-state index contributed by atoms with van der Waals surface area (Å²) in [6.45, 7) is 3.85. The Morgan fingerprint density at radius 1 is 1.32 bits per heavy atom. The van der Waals surface area contributed by atoms with Gasteiger partial charge in [0.05, 0.1) is 11.2 Å². The first-order valence-electron chi connectivity index (χ1n) is 8.72. The molecule has 0 spiro atoms. The maximum Gasteiger partial charge on any atom is 0.177 e. The molecule has 1 saturated heterocycles. The molecule has 28 heavy (non-hydrogen) atoms. The number of pyridine rings is 1. The standard InChI is InChI=1S/C17H21ClN8S.ClH/c1-17(19)4-7-26(8-5-17)11-9-22-13-15(23-11)24-25-16(13)27-10-3-6-21-14(20-2)12(10)18;/h3,6,9H,4-5,7-8,19H2,1-2H3,(H,20,21)(H,23,24,25);1H. The van der Waals surface area contributed by atoms with Crippen LogP contribution in [0, 0.1) is 0 Å². The van der Waals surface area contributed by atoms with Crippen LogP contribution in [0.15, 0.2) is 28.4 Å². The quantitative estimate of drug-likeness (QED) is 0.566. The molecule has 0 unspecified atom stereocenters. The van der Waals surface area contributed by atoms with Crippen LogP contribution in [-0.4, -0.2) is 50.8 Å². The van der Waals surface area contributed by atoms with Crippen molar-refractivity contribution >= 4 is 58.6 Å². The molecule has 3 aromatic rings. The fourth-order valence-electron chi connectivity index (χ4n) is 3.02. The Morgan fingerprint density at radius 2 is 2.07 bits per heavy atom. The summed E-state index contributed by atoms with van der Waals surface area (Å²) in [7, 11) is 1.79. The van der Waals surface area contributed by atoms with E-state index in [0.717, 1.165) is 47.2 Å². The number of aromatic amines is 1. The molecule has 1 aliphatic rings. The highest BCUT2D eigenvalue weighted by atomic mass is 35.5. The number of halogens is 2. The Bertz CT molecular complexity index is 967. The summed E-state index contributed by atoms with van der Waals surface area (Å²) in [5.41, 5.74) is 7.51. The number of fused-ring (bicyclic) bond motifs is 1. The van der Waals surface area contributed by atoms with Gasteiger partial charge in [0.1, 0.15) is 17.2 Å². The van der Waals surface area contributed by atoms with E-state index in [-0.39, 0.29) is 17.9 Å². The van der Waals surface area contributed by atoms with E-state index in [2.05, 4.69) is 37.3 Å². The molecule has 0 radical (unpaired) electrons. The Hall–Kier alpha value is -1.81. The predicted octanol–water partition coefficient (Wildman–Crippen LogP) is 3.33. The van der Waals surface area contributed by atoms with Gasteiger partial charge in [-0.25, -0.2) is 15.0 Å². The summed E-state index contributed by atoms with van der Waals surface area (Å²) in [6, 6.07) is 1.85. The highest BCUT2D eigenvalue weighted by Gasteiger charge is 2.27. The molecule has 8 nitrogen and oxygen atoms in total. The summed E-state index contributed by atoms with van der Waals surface area (Å²) in [4.78, 5) is 16.6. The SMILES string of the molecule is CNc1nccc(Sc2n[nH]c3nc(N4CCC(C)(N)CC4)cnc23)c1Cl.Cl. The maximum absolute atomic E-state index is 6.39. The molecule has 150 valence electrons. The largest absolute Gasteiger partial charge is 0.372 e. The van der Waals surface area contributed by atoms with Crippen molar-refractivity contribution in [2.24, 2.45) is 5.73 Å². The fraction of sp³-hybridized carbons (Fsp3) is 0.412. The van der Waals surface area contributed by atoms with Gasteiger partial charge in [0.2, 0.25) is 0 Å². The number of nitrogens with one attached hydrogen (secondary N) is 2. The topological polar surface area (TPSA) is 109 Å². The summed E-state index contributed by atoms with van der Waals surface area (Å²) in [5, 5.41) is 11.6. The van der Waals surface area contributed by atoms with Crippen molar-refractivity contribution in [2.45, 2.75) is 35.2 Å². The Kier molecular flexibility index (Phi) is 6.18. The minimum absolute atomic E-state index is 0. The normalized spacial score (nSPS) is 16.1. The third-order valence-electron chi connectivity index (χ3n) is 4.75. The van der Waals surface area contributed by atoms with Crippen molar-refractivity contribution in [2.75, 3.05) is 30.4 Å². The van der Waals surface area contributed by atoms with Crippen molar-refractivity contribution in [3.8, 4) is 0 Å². The van der Waals surface area contributed by atoms with Crippen LogP contribution in [0.3, 0.4) is 0 Å². The van der Waals surface area contributed by atoms with Crippen LogP contribution in [0.25, 0.3) is 11.2 Å². The van der Waals surface area contributed by atoms with Crippen LogP contribution in [0.5, 0.6) is 0 Å². The van der Waals surface area contributed by atoms with E-state index >= 15 is 0 Å². The first kappa shape index (κ1) is 20.9. The summed E-state index contributed by atoms with van der Waals surface area (Å²) >= 11 is 7.82. The molecule has 0 atom stereocenters. The van der Waals surface area contributed by atoms with Gasteiger partial charge in [0.25, 0.3) is 0 Å². The first-order valence-corrected chi connectivity index (χ1v) is 9.91. The third-order valence-corrected chi connectivity index (χ3v) is 6.29. The fourth-order valence-corrected chi connectivity index (χ4v) is 4.21. The second-order valence-corrected chi connectivity index (χ2v) is 8.33. The average molecular weight is 441 g/mol. The molecule has 0 aromatic carbocycles. The molecular formula is C17H22Cl2N8S. The predicted molar refractivity (Wildman–Crippen MR) is 116 cm³/mol. The lowest BCUT2D eigenvalue weighted by atomic mass is 9.91. The third kappa shape index (κ3) is 4.12. The minimum Gasteiger partial charge on any atom is -0.372 e. The molecule has 0 bridgehead atoms. The molecule has 1 aliphatic heterocycles. The zero-order chi connectivity index (χ0) is 19.0. The van der Waals surface area contributed by atoms with Crippen LogP contribution in [0.1, 0.15) is 19.8 Å². The molecule has 4 N–H and O–H groups in total. The van der Waals surface area contributed by atoms with Gasteiger partial charge in [-0.3, -0.25) is 5.10 Å². The van der Waals surface area contributed by atoms with Crippen molar-refractivity contribution in [3.63, 3.8) is 0 Å². The van der Waals surface area contributed by atoms with E-state index < -0.39 is 0 Å². The lowest BCUT2D eigenvalue weighted by Crippen LogP contribution is -2.48. The number of H-pyrrole nitrogens is 1. The van der Waals surface area contributed by atoms with Crippen LogP contribution in [0.2, 0.25) is 5.02 Å².